The number of aryl methyl sites for hydroxylation is 1. The first-order chi connectivity index (χ1) is 22.5. The van der Waals surface area contributed by atoms with Gasteiger partial charge in [-0.05, 0) is 72.3 Å². The van der Waals surface area contributed by atoms with Crippen LogP contribution in [0.1, 0.15) is 32.0 Å². The molecule has 47 heavy (non-hydrogen) atoms. The van der Waals surface area contributed by atoms with E-state index in [1.807, 2.05) is 34.7 Å². The van der Waals surface area contributed by atoms with Crippen LogP contribution in [-0.2, 0) is 19.8 Å². The number of nitrogens with zero attached hydrogens (tertiary/aromatic N) is 5. The van der Waals surface area contributed by atoms with Crippen LogP contribution in [0.25, 0.3) is 10.9 Å². The molecule has 0 aliphatic carbocycles. The molecule has 1 aliphatic rings. The van der Waals surface area contributed by atoms with Gasteiger partial charge in [0, 0.05) is 69.4 Å². The van der Waals surface area contributed by atoms with Crippen molar-refractivity contribution in [2.24, 2.45) is 7.05 Å². The van der Waals surface area contributed by atoms with Gasteiger partial charge in [0.2, 0.25) is 5.88 Å². The molecular formula is C35H31F4N5O3. The highest BCUT2D eigenvalue weighted by molar-refractivity contribution is 6.05. The SMILES string of the molecule is CN(C(=O)c1ccc(C(F)(F)F)cc1)c1ccc(Oc2ccc3c(c2)cc(C(=O)N2CCN(Cc4ccc(F)cc4)CC2)n3C)nc1. The minimum absolute atomic E-state index is 0.0557. The van der Waals surface area contributed by atoms with E-state index in [2.05, 4.69) is 9.88 Å². The fraction of sp³-hybridized carbons (Fsp3) is 0.229. The number of aromatic nitrogens is 2. The number of benzene rings is 3. The molecule has 2 amide bonds. The first-order valence-corrected chi connectivity index (χ1v) is 14.9. The molecule has 3 aromatic carbocycles. The molecule has 0 N–H and O–H groups in total. The topological polar surface area (TPSA) is 70.9 Å². The van der Waals surface area contributed by atoms with Crippen LogP contribution in [0.3, 0.4) is 0 Å². The standard InChI is InChI=1S/C35H31F4N5O3/c1-41(33(45)24-5-7-26(8-6-24)35(37,38)39)28-11-14-32(40-21-28)47-29-12-13-30-25(19-29)20-31(42(30)2)34(46)44-17-15-43(16-18-44)22-23-3-9-27(36)10-4-23/h3-14,19-21H,15-18,22H2,1-2H3. The summed E-state index contributed by atoms with van der Waals surface area (Å²) >= 11 is 0. The van der Waals surface area contributed by atoms with E-state index < -0.39 is 17.6 Å². The number of rotatable bonds is 7. The molecule has 0 radical (unpaired) electrons. The van der Waals surface area contributed by atoms with Crippen molar-refractivity contribution >= 4 is 28.4 Å². The zero-order chi connectivity index (χ0) is 33.3. The molecule has 0 spiro atoms. The van der Waals surface area contributed by atoms with Crippen molar-refractivity contribution in [3.8, 4) is 11.6 Å². The molecule has 1 fully saturated rings. The summed E-state index contributed by atoms with van der Waals surface area (Å²) < 4.78 is 59.6. The second-order valence-electron chi connectivity index (χ2n) is 11.4. The van der Waals surface area contributed by atoms with Gasteiger partial charge >= 0.3 is 6.18 Å². The normalized spacial score (nSPS) is 14.0. The zero-order valence-corrected chi connectivity index (χ0v) is 25.7. The zero-order valence-electron chi connectivity index (χ0n) is 25.7. The van der Waals surface area contributed by atoms with Gasteiger partial charge < -0.3 is 19.1 Å². The molecule has 242 valence electrons. The molecule has 1 aliphatic heterocycles. The Morgan fingerprint density at radius 2 is 1.60 bits per heavy atom. The number of piperazine rings is 1. The van der Waals surface area contributed by atoms with Crippen molar-refractivity contribution in [3.05, 3.63) is 119 Å². The smallest absolute Gasteiger partial charge is 0.416 e. The van der Waals surface area contributed by atoms with Crippen molar-refractivity contribution < 1.29 is 31.9 Å². The van der Waals surface area contributed by atoms with Crippen molar-refractivity contribution in [1.82, 2.24) is 19.4 Å². The third-order valence-corrected chi connectivity index (χ3v) is 8.31. The lowest BCUT2D eigenvalue weighted by Gasteiger charge is -2.34. The minimum Gasteiger partial charge on any atom is -0.439 e. The molecule has 12 heteroatoms. The average molecular weight is 646 g/mol. The third kappa shape index (κ3) is 6.97. The number of fused-ring (bicyclic) bond motifs is 1. The number of hydrogen-bond donors (Lipinski definition) is 0. The minimum atomic E-state index is -4.48. The summed E-state index contributed by atoms with van der Waals surface area (Å²) in [6.07, 6.45) is -3.04. The Labute approximate surface area is 268 Å². The lowest BCUT2D eigenvalue weighted by atomic mass is 10.1. The van der Waals surface area contributed by atoms with Gasteiger partial charge in [-0.2, -0.15) is 13.2 Å². The monoisotopic (exact) mass is 645 g/mol. The average Bonchev–Trinajstić information content (AvgIpc) is 3.40. The Kier molecular flexibility index (Phi) is 8.69. The number of hydrogen-bond acceptors (Lipinski definition) is 5. The number of pyridine rings is 1. The fourth-order valence-electron chi connectivity index (χ4n) is 5.58. The number of carbonyl (C=O) groups excluding carboxylic acids is 2. The first-order valence-electron chi connectivity index (χ1n) is 14.9. The molecule has 8 nitrogen and oxygen atoms in total. The first kappa shape index (κ1) is 31.7. The van der Waals surface area contributed by atoms with Gasteiger partial charge in [-0.3, -0.25) is 14.5 Å². The third-order valence-electron chi connectivity index (χ3n) is 8.31. The second-order valence-corrected chi connectivity index (χ2v) is 11.4. The van der Waals surface area contributed by atoms with E-state index in [-0.39, 0.29) is 23.2 Å². The molecule has 6 rings (SSSR count). The van der Waals surface area contributed by atoms with Gasteiger partial charge in [0.05, 0.1) is 17.4 Å². The summed E-state index contributed by atoms with van der Waals surface area (Å²) in [5.74, 6) is -0.0223. The highest BCUT2D eigenvalue weighted by Gasteiger charge is 2.30. The molecule has 0 bridgehead atoms. The largest absolute Gasteiger partial charge is 0.439 e. The maximum atomic E-state index is 13.5. The van der Waals surface area contributed by atoms with Gasteiger partial charge in [-0.25, -0.2) is 9.37 Å². The summed E-state index contributed by atoms with van der Waals surface area (Å²) in [4.78, 5) is 36.0. The van der Waals surface area contributed by atoms with Crippen LogP contribution >= 0.6 is 0 Å². The number of halogens is 4. The molecule has 2 aromatic heterocycles. The van der Waals surface area contributed by atoms with Crippen molar-refractivity contribution in [2.75, 3.05) is 38.1 Å². The van der Waals surface area contributed by atoms with Gasteiger partial charge in [0.1, 0.15) is 17.3 Å². The fourth-order valence-corrected chi connectivity index (χ4v) is 5.58. The van der Waals surface area contributed by atoms with Gasteiger partial charge in [-0.15, -0.1) is 0 Å². The van der Waals surface area contributed by atoms with Crippen LogP contribution in [-0.4, -0.2) is 64.4 Å². The summed E-state index contributed by atoms with van der Waals surface area (Å²) in [6.45, 7) is 3.31. The van der Waals surface area contributed by atoms with Crippen molar-refractivity contribution in [1.29, 1.82) is 0 Å². The molecule has 0 unspecified atom stereocenters. The van der Waals surface area contributed by atoms with Crippen molar-refractivity contribution in [3.63, 3.8) is 0 Å². The van der Waals surface area contributed by atoms with E-state index in [1.165, 1.54) is 30.3 Å². The highest BCUT2D eigenvalue weighted by Crippen LogP contribution is 2.30. The van der Waals surface area contributed by atoms with E-state index in [4.69, 9.17) is 4.74 Å². The molecule has 1 saturated heterocycles. The van der Waals surface area contributed by atoms with E-state index in [0.717, 1.165) is 53.8 Å². The highest BCUT2D eigenvalue weighted by atomic mass is 19.4. The van der Waals surface area contributed by atoms with Crippen LogP contribution in [0.4, 0.5) is 23.2 Å². The number of amides is 2. The summed E-state index contributed by atoms with van der Waals surface area (Å²) in [5, 5.41) is 0.821. The van der Waals surface area contributed by atoms with Crippen molar-refractivity contribution in [2.45, 2.75) is 12.7 Å². The lowest BCUT2D eigenvalue weighted by Crippen LogP contribution is -2.48. The summed E-state index contributed by atoms with van der Waals surface area (Å²) in [5.41, 5.74) is 2.17. The Balaban J connectivity index is 1.08. The molecular weight excluding hydrogens is 614 g/mol. The molecule has 5 aromatic rings. The number of ether oxygens (including phenoxy) is 1. The van der Waals surface area contributed by atoms with Gasteiger partial charge in [0.15, 0.2) is 0 Å². The molecule has 3 heterocycles. The maximum absolute atomic E-state index is 13.5. The quantitative estimate of drug-likeness (QED) is 0.183. The van der Waals surface area contributed by atoms with E-state index >= 15 is 0 Å². The molecule has 0 atom stereocenters. The van der Waals surface area contributed by atoms with Crippen LogP contribution < -0.4 is 9.64 Å². The number of carbonyl (C=O) groups is 2. The number of anilines is 1. The summed E-state index contributed by atoms with van der Waals surface area (Å²) in [6, 6.07) is 21.0. The van der Waals surface area contributed by atoms with Crippen LogP contribution in [0.15, 0.2) is 91.1 Å². The predicted octanol–water partition coefficient (Wildman–Crippen LogP) is 6.76. The maximum Gasteiger partial charge on any atom is 0.416 e. The lowest BCUT2D eigenvalue weighted by molar-refractivity contribution is -0.137. The Bertz CT molecular complexity index is 1900. The van der Waals surface area contributed by atoms with E-state index in [1.54, 1.807) is 30.3 Å². The number of alkyl halides is 3. The summed E-state index contributed by atoms with van der Waals surface area (Å²) in [7, 11) is 3.36. The van der Waals surface area contributed by atoms with Gasteiger partial charge in [0.25, 0.3) is 11.8 Å². The Morgan fingerprint density at radius 3 is 2.23 bits per heavy atom. The Morgan fingerprint density at radius 1 is 0.894 bits per heavy atom. The van der Waals surface area contributed by atoms with Crippen LogP contribution in [0, 0.1) is 5.82 Å². The molecule has 0 saturated carbocycles. The predicted molar refractivity (Wildman–Crippen MR) is 169 cm³/mol. The van der Waals surface area contributed by atoms with E-state index in [0.29, 0.717) is 36.8 Å². The Hall–Kier alpha value is -5.23. The van der Waals surface area contributed by atoms with Crippen LogP contribution in [0.2, 0.25) is 0 Å². The van der Waals surface area contributed by atoms with Gasteiger partial charge in [-0.1, -0.05) is 12.1 Å². The van der Waals surface area contributed by atoms with E-state index in [9.17, 15) is 27.2 Å². The second kappa shape index (κ2) is 12.9. The van der Waals surface area contributed by atoms with Crippen LogP contribution in [0.5, 0.6) is 11.6 Å².